The molecule has 6 heteroatoms. The number of hydrogen-bond acceptors (Lipinski definition) is 4. The van der Waals surface area contributed by atoms with E-state index in [1.807, 2.05) is 25.1 Å². The summed E-state index contributed by atoms with van der Waals surface area (Å²) >= 11 is 0. The summed E-state index contributed by atoms with van der Waals surface area (Å²) in [5, 5.41) is 0. The molecule has 2 amide bonds. The molecule has 2 saturated heterocycles. The maximum Gasteiger partial charge on any atom is 0.273 e. The molecule has 3 fully saturated rings. The second-order valence-corrected chi connectivity index (χ2v) is 9.98. The molecule has 2 aromatic rings. The van der Waals surface area contributed by atoms with Crippen LogP contribution >= 0.6 is 0 Å². The van der Waals surface area contributed by atoms with Crippen LogP contribution in [0.5, 0.6) is 0 Å². The van der Waals surface area contributed by atoms with Crippen molar-refractivity contribution in [2.45, 2.75) is 83.5 Å². The van der Waals surface area contributed by atoms with Crippen molar-refractivity contribution in [3.05, 3.63) is 59.7 Å². The Labute approximate surface area is 190 Å². The third-order valence-electron chi connectivity index (χ3n) is 8.09. The number of aromatic nitrogens is 2. The fourth-order valence-corrected chi connectivity index (χ4v) is 6.80. The molecule has 32 heavy (non-hydrogen) atoms. The first-order valence-corrected chi connectivity index (χ1v) is 11.9. The smallest absolute Gasteiger partial charge is 0.273 e. The van der Waals surface area contributed by atoms with Gasteiger partial charge in [-0.3, -0.25) is 9.59 Å². The average molecular weight is 433 g/mol. The van der Waals surface area contributed by atoms with Crippen molar-refractivity contribution in [1.82, 2.24) is 19.8 Å². The molecular formula is C26H32N4O2. The molecule has 3 heterocycles. The van der Waals surface area contributed by atoms with Crippen LogP contribution in [0.4, 0.5) is 0 Å². The summed E-state index contributed by atoms with van der Waals surface area (Å²) in [5.41, 5.74) is 1.58. The number of carbonyl (C=O) groups is 2. The summed E-state index contributed by atoms with van der Waals surface area (Å²) in [5.74, 6) is 0.715. The van der Waals surface area contributed by atoms with Crippen LogP contribution in [0.25, 0.3) is 0 Å². The van der Waals surface area contributed by atoms with Gasteiger partial charge in [0, 0.05) is 30.6 Å². The van der Waals surface area contributed by atoms with Gasteiger partial charge in [-0.2, -0.15) is 0 Å². The lowest BCUT2D eigenvalue weighted by Crippen LogP contribution is -2.61. The van der Waals surface area contributed by atoms with E-state index in [-0.39, 0.29) is 41.4 Å². The quantitative estimate of drug-likeness (QED) is 0.740. The van der Waals surface area contributed by atoms with Gasteiger partial charge in [-0.05, 0) is 44.2 Å². The maximum absolute atomic E-state index is 13.9. The fraction of sp³-hybridized carbons (Fsp3) is 0.538. The zero-order chi connectivity index (χ0) is 22.5. The van der Waals surface area contributed by atoms with E-state index in [0.717, 1.165) is 38.5 Å². The summed E-state index contributed by atoms with van der Waals surface area (Å²) < 4.78 is 0. The summed E-state index contributed by atoms with van der Waals surface area (Å²) in [4.78, 5) is 39.9. The highest BCUT2D eigenvalue weighted by atomic mass is 16.2. The fourth-order valence-electron chi connectivity index (χ4n) is 6.80. The van der Waals surface area contributed by atoms with Crippen molar-refractivity contribution < 1.29 is 9.59 Å². The third-order valence-corrected chi connectivity index (χ3v) is 8.09. The van der Waals surface area contributed by atoms with E-state index in [0.29, 0.717) is 11.5 Å². The molecule has 0 unspecified atom stereocenters. The molecule has 3 aliphatic rings. The van der Waals surface area contributed by atoms with E-state index in [2.05, 4.69) is 38.8 Å². The zero-order valence-electron chi connectivity index (χ0n) is 19.2. The average Bonchev–Trinajstić information content (AvgIpc) is 2.92. The molecule has 2 aliphatic heterocycles. The van der Waals surface area contributed by atoms with Crippen LogP contribution in [-0.2, 0) is 11.2 Å². The largest absolute Gasteiger partial charge is 0.334 e. The van der Waals surface area contributed by atoms with Gasteiger partial charge in [-0.15, -0.1) is 0 Å². The summed E-state index contributed by atoms with van der Waals surface area (Å²) in [6.45, 7) is 5.83. The lowest BCUT2D eigenvalue weighted by molar-refractivity contribution is -0.141. The molecule has 5 atom stereocenters. The molecule has 2 bridgehead atoms. The van der Waals surface area contributed by atoms with Crippen molar-refractivity contribution in [3.8, 4) is 0 Å². The number of amides is 2. The number of likely N-dealkylation sites (tertiary alicyclic amines) is 2. The van der Waals surface area contributed by atoms with E-state index >= 15 is 0 Å². The number of benzene rings is 1. The summed E-state index contributed by atoms with van der Waals surface area (Å²) in [6, 6.07) is 12.4. The highest BCUT2D eigenvalue weighted by Crippen LogP contribution is 2.55. The predicted molar refractivity (Wildman–Crippen MR) is 122 cm³/mol. The van der Waals surface area contributed by atoms with Crippen LogP contribution in [0.2, 0.25) is 0 Å². The van der Waals surface area contributed by atoms with Crippen LogP contribution in [-0.4, -0.2) is 55.7 Å². The number of carbonyl (C=O) groups excluding carboxylic acids is 2. The highest BCUT2D eigenvalue weighted by Gasteiger charge is 2.63. The van der Waals surface area contributed by atoms with E-state index < -0.39 is 0 Å². The summed E-state index contributed by atoms with van der Waals surface area (Å²) in [6.07, 6.45) is 7.56. The molecule has 1 aliphatic carbocycles. The van der Waals surface area contributed by atoms with E-state index in [9.17, 15) is 9.59 Å². The Morgan fingerprint density at radius 3 is 2.41 bits per heavy atom. The third kappa shape index (κ3) is 3.31. The Morgan fingerprint density at radius 1 is 1.06 bits per heavy atom. The van der Waals surface area contributed by atoms with Crippen LogP contribution in [0.3, 0.4) is 0 Å². The van der Waals surface area contributed by atoms with Gasteiger partial charge in [0.05, 0.1) is 12.1 Å². The zero-order valence-corrected chi connectivity index (χ0v) is 19.2. The first-order valence-electron chi connectivity index (χ1n) is 11.9. The second-order valence-electron chi connectivity index (χ2n) is 9.98. The Balaban J connectivity index is 1.61. The molecule has 168 valence electrons. The highest BCUT2D eigenvalue weighted by molar-refractivity contribution is 5.93. The lowest BCUT2D eigenvalue weighted by atomic mass is 9.69. The summed E-state index contributed by atoms with van der Waals surface area (Å²) in [7, 11) is 0. The monoisotopic (exact) mass is 432 g/mol. The van der Waals surface area contributed by atoms with Gasteiger partial charge >= 0.3 is 0 Å². The molecule has 0 N–H and O–H groups in total. The van der Waals surface area contributed by atoms with Crippen molar-refractivity contribution in [3.63, 3.8) is 0 Å². The standard InChI is InChI=1S/C26H32N4O2/c1-17-27-14-13-20(28-17)25(32)30-22-16-26(3)23(11-7-8-12-24(26)30)29(18(2)31)21(22)15-19-9-5-4-6-10-19/h4-6,9-10,13-14,21-24H,7-8,11-12,15-16H2,1-3H3/t21-,22-,23+,24-,26+/m0/s1. The van der Waals surface area contributed by atoms with Crippen LogP contribution in [0, 0.1) is 12.3 Å². The van der Waals surface area contributed by atoms with E-state index in [1.54, 1.807) is 19.2 Å². The van der Waals surface area contributed by atoms with Gasteiger partial charge in [-0.25, -0.2) is 9.97 Å². The number of rotatable bonds is 3. The van der Waals surface area contributed by atoms with E-state index in [4.69, 9.17) is 0 Å². The first kappa shape index (κ1) is 21.1. The second kappa shape index (κ2) is 7.98. The van der Waals surface area contributed by atoms with Crippen molar-refractivity contribution in [2.24, 2.45) is 5.41 Å². The van der Waals surface area contributed by atoms with Gasteiger partial charge in [0.15, 0.2) is 0 Å². The number of aryl methyl sites for hydroxylation is 1. The number of hydrogen-bond donors (Lipinski definition) is 0. The van der Waals surface area contributed by atoms with Crippen LogP contribution in [0.15, 0.2) is 42.6 Å². The minimum Gasteiger partial charge on any atom is -0.334 e. The van der Waals surface area contributed by atoms with Gasteiger partial charge < -0.3 is 9.80 Å². The van der Waals surface area contributed by atoms with E-state index in [1.165, 1.54) is 5.56 Å². The topological polar surface area (TPSA) is 66.4 Å². The Morgan fingerprint density at radius 2 is 1.75 bits per heavy atom. The Kier molecular flexibility index (Phi) is 5.26. The van der Waals surface area contributed by atoms with Gasteiger partial charge in [0.1, 0.15) is 11.5 Å². The minimum atomic E-state index is -0.0856. The predicted octanol–water partition coefficient (Wildman–Crippen LogP) is 3.79. The van der Waals surface area contributed by atoms with Crippen LogP contribution in [0.1, 0.15) is 67.8 Å². The van der Waals surface area contributed by atoms with Gasteiger partial charge in [0.2, 0.25) is 5.91 Å². The van der Waals surface area contributed by atoms with Crippen molar-refractivity contribution >= 4 is 11.8 Å². The molecule has 0 radical (unpaired) electrons. The Hall–Kier alpha value is -2.76. The van der Waals surface area contributed by atoms with Gasteiger partial charge in [0.25, 0.3) is 5.91 Å². The van der Waals surface area contributed by atoms with Gasteiger partial charge in [-0.1, -0.05) is 50.1 Å². The molecule has 1 aromatic heterocycles. The number of piperidine rings is 1. The number of nitrogens with zero attached hydrogens (tertiary/aromatic N) is 4. The lowest BCUT2D eigenvalue weighted by Gasteiger charge is -2.50. The molecule has 1 aromatic carbocycles. The first-order chi connectivity index (χ1) is 15.4. The van der Waals surface area contributed by atoms with Crippen molar-refractivity contribution in [1.29, 1.82) is 0 Å². The maximum atomic E-state index is 13.9. The molecule has 5 rings (SSSR count). The number of fused-ring (bicyclic) bond motifs is 1. The molecule has 1 saturated carbocycles. The normalized spacial score (nSPS) is 31.3. The van der Waals surface area contributed by atoms with Crippen molar-refractivity contribution in [2.75, 3.05) is 0 Å². The Bertz CT molecular complexity index is 1030. The SMILES string of the molecule is CC(=O)N1[C@@H](Cc2ccccc2)[C@@H]2C[C@@]3(C)[C@H](CCCC[C@@H]13)N2C(=O)c1ccnc(C)n1. The molecule has 0 spiro atoms. The molecule has 6 nitrogen and oxygen atoms in total. The minimum absolute atomic E-state index is 0.00812. The molecular weight excluding hydrogens is 400 g/mol. The van der Waals surface area contributed by atoms with Crippen LogP contribution < -0.4 is 0 Å².